The van der Waals surface area contributed by atoms with Crippen LogP contribution in [0.15, 0.2) is 22.7 Å². The minimum Gasteiger partial charge on any atom is -0.497 e. The van der Waals surface area contributed by atoms with E-state index in [-0.39, 0.29) is 6.61 Å². The highest BCUT2D eigenvalue weighted by atomic mass is 16.5. The molecule has 2 aromatic rings. The predicted molar refractivity (Wildman–Crippen MR) is 74.2 cm³/mol. The van der Waals surface area contributed by atoms with Gasteiger partial charge in [0.15, 0.2) is 12.4 Å². The third-order valence-electron chi connectivity index (χ3n) is 3.45. The summed E-state index contributed by atoms with van der Waals surface area (Å²) in [7, 11) is 1.58. The molecular formula is C15H18N2O4. The molecule has 0 aliphatic heterocycles. The summed E-state index contributed by atoms with van der Waals surface area (Å²) in [6, 6.07) is 5.30. The fraction of sp³-hybridized carbons (Fsp3) is 0.467. The molecule has 112 valence electrons. The second-order valence-corrected chi connectivity index (χ2v) is 5.19. The van der Waals surface area contributed by atoms with Gasteiger partial charge in [0.1, 0.15) is 11.5 Å². The summed E-state index contributed by atoms with van der Waals surface area (Å²) in [5.41, 5.74) is 0.692. The number of methoxy groups -OCH3 is 1. The van der Waals surface area contributed by atoms with Crippen LogP contribution in [0.1, 0.15) is 49.1 Å². The molecule has 1 N–H and O–H groups in total. The normalized spacial score (nSPS) is 15.8. The topological polar surface area (TPSA) is 77.6 Å². The molecule has 1 aromatic carbocycles. The first-order chi connectivity index (χ1) is 10.2. The highest BCUT2D eigenvalue weighted by Crippen LogP contribution is 2.38. The van der Waals surface area contributed by atoms with Crippen molar-refractivity contribution in [3.05, 3.63) is 35.5 Å². The molecule has 1 heterocycles. The van der Waals surface area contributed by atoms with Gasteiger partial charge in [0.2, 0.25) is 0 Å². The van der Waals surface area contributed by atoms with Crippen LogP contribution in [0.25, 0.3) is 0 Å². The van der Waals surface area contributed by atoms with Gasteiger partial charge in [0.05, 0.1) is 13.2 Å². The average molecular weight is 290 g/mol. The highest BCUT2D eigenvalue weighted by molar-refractivity contribution is 5.41. The molecule has 0 saturated heterocycles. The number of hydrogen-bond acceptors (Lipinski definition) is 6. The Hall–Kier alpha value is -2.08. The maximum absolute atomic E-state index is 9.78. The lowest BCUT2D eigenvalue weighted by atomic mass is 10.1. The van der Waals surface area contributed by atoms with E-state index < -0.39 is 6.10 Å². The van der Waals surface area contributed by atoms with Crippen LogP contribution in [0.4, 0.5) is 0 Å². The molecule has 1 aliphatic carbocycles. The molecular weight excluding hydrogens is 272 g/mol. The summed E-state index contributed by atoms with van der Waals surface area (Å²) < 4.78 is 16.0. The molecule has 1 saturated carbocycles. The maximum atomic E-state index is 9.78. The van der Waals surface area contributed by atoms with E-state index in [1.807, 2.05) is 0 Å². The molecule has 0 radical (unpaired) electrons. The lowest BCUT2D eigenvalue weighted by Crippen LogP contribution is -2.02. The summed E-state index contributed by atoms with van der Waals surface area (Å²) in [6.07, 6.45) is 1.62. The van der Waals surface area contributed by atoms with Gasteiger partial charge in [-0.15, -0.1) is 0 Å². The summed E-state index contributed by atoms with van der Waals surface area (Å²) >= 11 is 0. The number of rotatable bonds is 6. The van der Waals surface area contributed by atoms with Crippen LogP contribution in [-0.4, -0.2) is 22.4 Å². The lowest BCUT2D eigenvalue weighted by Gasteiger charge is -2.13. The quantitative estimate of drug-likeness (QED) is 0.881. The third-order valence-corrected chi connectivity index (χ3v) is 3.45. The molecule has 0 amide bonds. The Morgan fingerprint density at radius 3 is 2.90 bits per heavy atom. The van der Waals surface area contributed by atoms with Crippen molar-refractivity contribution in [1.82, 2.24) is 10.1 Å². The van der Waals surface area contributed by atoms with Gasteiger partial charge in [0.25, 0.3) is 5.89 Å². The molecule has 0 unspecified atom stereocenters. The molecule has 1 aliphatic rings. The summed E-state index contributed by atoms with van der Waals surface area (Å²) in [5.74, 6) is 2.87. The van der Waals surface area contributed by atoms with E-state index in [9.17, 15) is 5.11 Å². The Morgan fingerprint density at radius 1 is 1.43 bits per heavy atom. The zero-order valence-electron chi connectivity index (χ0n) is 12.1. The van der Waals surface area contributed by atoms with Crippen LogP contribution < -0.4 is 9.47 Å². The summed E-state index contributed by atoms with van der Waals surface area (Å²) in [5, 5.41) is 13.7. The molecule has 0 spiro atoms. The van der Waals surface area contributed by atoms with Gasteiger partial charge in [-0.25, -0.2) is 0 Å². The van der Waals surface area contributed by atoms with E-state index in [0.717, 1.165) is 18.7 Å². The number of aliphatic hydroxyl groups excluding tert-OH is 1. The number of ether oxygens (including phenoxy) is 2. The first-order valence-electron chi connectivity index (χ1n) is 6.98. The van der Waals surface area contributed by atoms with E-state index in [4.69, 9.17) is 14.0 Å². The fourth-order valence-electron chi connectivity index (χ4n) is 2.09. The molecule has 6 heteroatoms. The van der Waals surface area contributed by atoms with Crippen molar-refractivity contribution in [1.29, 1.82) is 0 Å². The molecule has 3 rings (SSSR count). The summed E-state index contributed by atoms with van der Waals surface area (Å²) in [6.45, 7) is 1.86. The van der Waals surface area contributed by atoms with Crippen LogP contribution in [0.3, 0.4) is 0 Å². The largest absolute Gasteiger partial charge is 0.497 e. The van der Waals surface area contributed by atoms with Crippen molar-refractivity contribution in [2.45, 2.75) is 38.4 Å². The zero-order valence-corrected chi connectivity index (χ0v) is 12.1. The molecule has 1 fully saturated rings. The second kappa shape index (κ2) is 5.73. The van der Waals surface area contributed by atoms with Crippen molar-refractivity contribution < 1.29 is 19.1 Å². The first kappa shape index (κ1) is 13.9. The number of aromatic nitrogens is 2. The van der Waals surface area contributed by atoms with Gasteiger partial charge in [-0.3, -0.25) is 0 Å². The van der Waals surface area contributed by atoms with Gasteiger partial charge in [0, 0.05) is 17.5 Å². The standard InChI is InChI=1S/C15H18N2O4/c1-9(18)12-6-5-11(19-2)7-13(12)20-8-14-16-15(17-21-14)10-3-4-10/h5-7,9-10,18H,3-4,8H2,1-2H3/t9-/m0/s1. The lowest BCUT2D eigenvalue weighted by molar-refractivity contribution is 0.185. The van der Waals surface area contributed by atoms with Gasteiger partial charge in [-0.1, -0.05) is 5.16 Å². The molecule has 1 aromatic heterocycles. The number of nitrogens with zero attached hydrogens (tertiary/aromatic N) is 2. The Kier molecular flexibility index (Phi) is 3.79. The number of aliphatic hydroxyl groups is 1. The van der Waals surface area contributed by atoms with E-state index in [2.05, 4.69) is 10.1 Å². The van der Waals surface area contributed by atoms with E-state index in [1.54, 1.807) is 32.2 Å². The number of hydrogen-bond donors (Lipinski definition) is 1. The first-order valence-corrected chi connectivity index (χ1v) is 6.98. The van der Waals surface area contributed by atoms with Crippen molar-refractivity contribution >= 4 is 0 Å². The third kappa shape index (κ3) is 3.16. The van der Waals surface area contributed by atoms with Gasteiger partial charge in [-0.2, -0.15) is 4.98 Å². The summed E-state index contributed by atoms with van der Waals surface area (Å²) in [4.78, 5) is 4.31. The van der Waals surface area contributed by atoms with Crippen LogP contribution in [0, 0.1) is 0 Å². The number of benzene rings is 1. The van der Waals surface area contributed by atoms with E-state index >= 15 is 0 Å². The molecule has 21 heavy (non-hydrogen) atoms. The van der Waals surface area contributed by atoms with Crippen molar-refractivity contribution in [2.24, 2.45) is 0 Å². The Balaban J connectivity index is 1.73. The van der Waals surface area contributed by atoms with Crippen LogP contribution in [-0.2, 0) is 6.61 Å². The van der Waals surface area contributed by atoms with Crippen LogP contribution in [0.2, 0.25) is 0 Å². The van der Waals surface area contributed by atoms with Gasteiger partial charge >= 0.3 is 0 Å². The van der Waals surface area contributed by atoms with Crippen LogP contribution in [0.5, 0.6) is 11.5 Å². The van der Waals surface area contributed by atoms with Crippen LogP contribution >= 0.6 is 0 Å². The van der Waals surface area contributed by atoms with Gasteiger partial charge in [-0.05, 0) is 31.9 Å². The monoisotopic (exact) mass is 290 g/mol. The second-order valence-electron chi connectivity index (χ2n) is 5.19. The van der Waals surface area contributed by atoms with E-state index in [0.29, 0.717) is 28.9 Å². The zero-order chi connectivity index (χ0) is 14.8. The maximum Gasteiger partial charge on any atom is 0.264 e. The highest BCUT2D eigenvalue weighted by Gasteiger charge is 2.28. The Morgan fingerprint density at radius 2 is 2.24 bits per heavy atom. The fourth-order valence-corrected chi connectivity index (χ4v) is 2.09. The van der Waals surface area contributed by atoms with E-state index in [1.165, 1.54) is 0 Å². The molecule has 0 bridgehead atoms. The molecule has 6 nitrogen and oxygen atoms in total. The Labute approximate surface area is 122 Å². The molecule has 1 atom stereocenters. The van der Waals surface area contributed by atoms with Gasteiger partial charge < -0.3 is 19.1 Å². The van der Waals surface area contributed by atoms with Crippen molar-refractivity contribution in [3.63, 3.8) is 0 Å². The smallest absolute Gasteiger partial charge is 0.264 e. The average Bonchev–Trinajstić information content (AvgIpc) is 3.23. The SMILES string of the molecule is COc1ccc([C@H](C)O)c(OCc2nc(C3CC3)no2)c1. The van der Waals surface area contributed by atoms with Crippen molar-refractivity contribution in [3.8, 4) is 11.5 Å². The predicted octanol–water partition coefficient (Wildman–Crippen LogP) is 2.59. The van der Waals surface area contributed by atoms with Crippen molar-refractivity contribution in [2.75, 3.05) is 7.11 Å². The Bertz CT molecular complexity index is 620. The minimum absolute atomic E-state index is 0.173. The minimum atomic E-state index is -0.629.